The van der Waals surface area contributed by atoms with Crippen LogP contribution in [0.15, 0.2) is 18.3 Å². The van der Waals surface area contributed by atoms with E-state index in [1.54, 1.807) is 0 Å². The number of anilines is 1. The van der Waals surface area contributed by atoms with Gasteiger partial charge < -0.3 is 15.7 Å². The summed E-state index contributed by atoms with van der Waals surface area (Å²) in [5.41, 5.74) is 6.81. The highest BCUT2D eigenvalue weighted by Gasteiger charge is 2.18. The lowest BCUT2D eigenvalue weighted by atomic mass is 10.1. The van der Waals surface area contributed by atoms with Gasteiger partial charge in [0.15, 0.2) is 0 Å². The first-order valence-electron chi connectivity index (χ1n) is 5.81. The zero-order valence-electron chi connectivity index (χ0n) is 9.63. The first kappa shape index (κ1) is 11.4. The number of hydrogen-bond donors (Lipinski definition) is 2. The first-order valence-corrected chi connectivity index (χ1v) is 5.81. The molecule has 0 aromatic carbocycles. The minimum atomic E-state index is -0.219. The van der Waals surface area contributed by atoms with Crippen molar-refractivity contribution < 1.29 is 5.11 Å². The number of hydrogen-bond acceptors (Lipinski definition) is 4. The molecule has 0 radical (unpaired) electrons. The van der Waals surface area contributed by atoms with E-state index < -0.39 is 0 Å². The van der Waals surface area contributed by atoms with Gasteiger partial charge in [-0.15, -0.1) is 0 Å². The molecule has 1 fully saturated rings. The molecule has 0 saturated carbocycles. The quantitative estimate of drug-likeness (QED) is 0.784. The van der Waals surface area contributed by atoms with E-state index in [1.165, 1.54) is 0 Å². The van der Waals surface area contributed by atoms with Gasteiger partial charge in [-0.3, -0.25) is 0 Å². The maximum Gasteiger partial charge on any atom is 0.128 e. The van der Waals surface area contributed by atoms with Crippen LogP contribution < -0.4 is 10.6 Å². The second-order valence-electron chi connectivity index (χ2n) is 4.48. The number of aliphatic hydroxyl groups is 1. The fourth-order valence-corrected chi connectivity index (χ4v) is 2.02. The Morgan fingerprint density at radius 1 is 1.56 bits per heavy atom. The van der Waals surface area contributed by atoms with Crippen LogP contribution in [-0.2, 0) is 0 Å². The lowest BCUT2D eigenvalue weighted by Gasteiger charge is -2.31. The van der Waals surface area contributed by atoms with E-state index >= 15 is 0 Å². The third-order valence-electron chi connectivity index (χ3n) is 3.02. The van der Waals surface area contributed by atoms with Crippen molar-refractivity contribution in [1.29, 1.82) is 0 Å². The molecule has 1 aliphatic heterocycles. The van der Waals surface area contributed by atoms with Crippen LogP contribution in [0.5, 0.6) is 0 Å². The largest absolute Gasteiger partial charge is 0.391 e. The number of aliphatic hydroxyl groups excluding tert-OH is 1. The van der Waals surface area contributed by atoms with Crippen LogP contribution in [0.3, 0.4) is 0 Å². The van der Waals surface area contributed by atoms with E-state index in [9.17, 15) is 5.11 Å². The van der Waals surface area contributed by atoms with Crippen molar-refractivity contribution in [3.8, 4) is 0 Å². The number of β-amino-alcohol motifs (C(OH)–C–C–N with tert-alkyl or cyclic N) is 1. The Balaban J connectivity index is 2.09. The molecule has 4 heteroatoms. The standard InChI is InChI=1S/C12H19N3O/c1-9(13)10-4-5-12(14-7-10)15-6-2-3-11(16)8-15/h4-5,7,9,11,16H,2-3,6,8,13H2,1H3. The smallest absolute Gasteiger partial charge is 0.128 e. The molecular weight excluding hydrogens is 202 g/mol. The highest BCUT2D eigenvalue weighted by Crippen LogP contribution is 2.19. The molecule has 1 saturated heterocycles. The SMILES string of the molecule is CC(N)c1ccc(N2CCCC(O)C2)nc1. The molecule has 4 nitrogen and oxygen atoms in total. The number of rotatable bonds is 2. The van der Waals surface area contributed by atoms with E-state index in [4.69, 9.17) is 5.73 Å². The van der Waals surface area contributed by atoms with E-state index in [-0.39, 0.29) is 12.1 Å². The van der Waals surface area contributed by atoms with Gasteiger partial charge in [0.05, 0.1) is 6.10 Å². The summed E-state index contributed by atoms with van der Waals surface area (Å²) in [7, 11) is 0. The summed E-state index contributed by atoms with van der Waals surface area (Å²) in [4.78, 5) is 6.52. The average molecular weight is 221 g/mol. The van der Waals surface area contributed by atoms with Crippen LogP contribution in [0.25, 0.3) is 0 Å². The topological polar surface area (TPSA) is 62.4 Å². The zero-order chi connectivity index (χ0) is 11.5. The Morgan fingerprint density at radius 2 is 2.38 bits per heavy atom. The third-order valence-corrected chi connectivity index (χ3v) is 3.02. The normalized spacial score (nSPS) is 23.2. The van der Waals surface area contributed by atoms with E-state index in [1.807, 2.05) is 25.3 Å². The number of nitrogens with two attached hydrogens (primary N) is 1. The highest BCUT2D eigenvalue weighted by molar-refractivity contribution is 5.40. The minimum Gasteiger partial charge on any atom is -0.391 e. The van der Waals surface area contributed by atoms with Crippen molar-refractivity contribution in [1.82, 2.24) is 4.98 Å². The van der Waals surface area contributed by atoms with Gasteiger partial charge in [-0.1, -0.05) is 6.07 Å². The predicted molar refractivity (Wildman–Crippen MR) is 64.3 cm³/mol. The number of aromatic nitrogens is 1. The molecule has 2 atom stereocenters. The summed E-state index contributed by atoms with van der Waals surface area (Å²) in [5.74, 6) is 0.933. The zero-order valence-corrected chi connectivity index (χ0v) is 9.63. The Kier molecular flexibility index (Phi) is 3.41. The molecule has 16 heavy (non-hydrogen) atoms. The summed E-state index contributed by atoms with van der Waals surface area (Å²) in [6, 6.07) is 4.01. The predicted octanol–water partition coefficient (Wildman–Crippen LogP) is 1.06. The van der Waals surface area contributed by atoms with Crippen molar-refractivity contribution >= 4 is 5.82 Å². The van der Waals surface area contributed by atoms with Gasteiger partial charge in [-0.25, -0.2) is 4.98 Å². The van der Waals surface area contributed by atoms with Crippen LogP contribution in [0.1, 0.15) is 31.4 Å². The lowest BCUT2D eigenvalue weighted by Crippen LogP contribution is -2.38. The third kappa shape index (κ3) is 2.51. The van der Waals surface area contributed by atoms with Gasteiger partial charge in [0, 0.05) is 25.3 Å². The van der Waals surface area contributed by atoms with Crippen molar-refractivity contribution in [2.75, 3.05) is 18.0 Å². The molecule has 3 N–H and O–H groups in total. The fraction of sp³-hybridized carbons (Fsp3) is 0.583. The average Bonchev–Trinajstić information content (AvgIpc) is 2.29. The van der Waals surface area contributed by atoms with E-state index in [2.05, 4.69) is 9.88 Å². The molecule has 2 rings (SSSR count). The first-order chi connectivity index (χ1) is 7.66. The van der Waals surface area contributed by atoms with Crippen molar-refractivity contribution in [2.45, 2.75) is 31.9 Å². The van der Waals surface area contributed by atoms with Gasteiger partial charge in [0.25, 0.3) is 0 Å². The summed E-state index contributed by atoms with van der Waals surface area (Å²) in [6.07, 6.45) is 3.52. The Hall–Kier alpha value is -1.13. The summed E-state index contributed by atoms with van der Waals surface area (Å²) >= 11 is 0. The molecule has 2 unspecified atom stereocenters. The number of nitrogens with zero attached hydrogens (tertiary/aromatic N) is 2. The molecule has 1 aromatic rings. The Bertz CT molecular complexity index is 337. The molecule has 0 aliphatic carbocycles. The summed E-state index contributed by atoms with van der Waals surface area (Å²) in [5, 5.41) is 9.59. The molecule has 1 aliphatic rings. The highest BCUT2D eigenvalue weighted by atomic mass is 16.3. The molecule has 0 spiro atoms. The van der Waals surface area contributed by atoms with Crippen LogP contribution in [0.4, 0.5) is 5.82 Å². The Morgan fingerprint density at radius 3 is 2.94 bits per heavy atom. The molecule has 1 aromatic heterocycles. The maximum atomic E-state index is 9.59. The number of piperidine rings is 1. The van der Waals surface area contributed by atoms with Crippen LogP contribution in [0.2, 0.25) is 0 Å². The second-order valence-corrected chi connectivity index (χ2v) is 4.48. The van der Waals surface area contributed by atoms with Gasteiger partial charge >= 0.3 is 0 Å². The minimum absolute atomic E-state index is 0.0218. The van der Waals surface area contributed by atoms with Crippen LogP contribution in [0, 0.1) is 0 Å². The second kappa shape index (κ2) is 4.80. The Labute approximate surface area is 96.1 Å². The maximum absolute atomic E-state index is 9.59. The molecule has 2 heterocycles. The van der Waals surface area contributed by atoms with E-state index in [0.29, 0.717) is 6.54 Å². The van der Waals surface area contributed by atoms with Gasteiger partial charge in [-0.2, -0.15) is 0 Å². The molecule has 0 bridgehead atoms. The molecular formula is C12H19N3O. The van der Waals surface area contributed by atoms with Crippen molar-refractivity contribution in [2.24, 2.45) is 5.73 Å². The van der Waals surface area contributed by atoms with E-state index in [0.717, 1.165) is 30.8 Å². The summed E-state index contributed by atoms with van der Waals surface area (Å²) < 4.78 is 0. The van der Waals surface area contributed by atoms with Crippen LogP contribution >= 0.6 is 0 Å². The monoisotopic (exact) mass is 221 g/mol. The molecule has 0 amide bonds. The van der Waals surface area contributed by atoms with Crippen LogP contribution in [-0.4, -0.2) is 29.3 Å². The fourth-order valence-electron chi connectivity index (χ4n) is 2.02. The van der Waals surface area contributed by atoms with Crippen molar-refractivity contribution in [3.63, 3.8) is 0 Å². The van der Waals surface area contributed by atoms with Crippen molar-refractivity contribution in [3.05, 3.63) is 23.9 Å². The van der Waals surface area contributed by atoms with Gasteiger partial charge in [0.1, 0.15) is 5.82 Å². The van der Waals surface area contributed by atoms with Gasteiger partial charge in [0.2, 0.25) is 0 Å². The summed E-state index contributed by atoms with van der Waals surface area (Å²) in [6.45, 7) is 3.60. The van der Waals surface area contributed by atoms with Gasteiger partial charge in [-0.05, 0) is 31.4 Å². The lowest BCUT2D eigenvalue weighted by molar-refractivity contribution is 0.154. The molecule has 88 valence electrons. The number of pyridine rings is 1.